The van der Waals surface area contributed by atoms with E-state index in [4.69, 9.17) is 5.11 Å². The van der Waals surface area contributed by atoms with Crippen LogP contribution in [-0.4, -0.2) is 42.4 Å². The maximum atomic E-state index is 12.6. The molecule has 1 rings (SSSR count). The average Bonchev–Trinajstić information content (AvgIpc) is 1.63. The summed E-state index contributed by atoms with van der Waals surface area (Å²) in [6.07, 6.45) is 0. The molecule has 8 heavy (non-hydrogen) atoms. The van der Waals surface area contributed by atoms with Gasteiger partial charge in [0.2, 0.25) is 0 Å². The summed E-state index contributed by atoms with van der Waals surface area (Å²) in [7, 11) is 1.83. The molecule has 0 aromatic carbocycles. The Bertz CT molecular complexity index is 90.4. The molecule has 1 saturated heterocycles. The molecule has 3 heteroatoms. The van der Waals surface area contributed by atoms with Crippen molar-refractivity contribution < 1.29 is 9.50 Å². The Labute approximate surface area is 47.9 Å². The van der Waals surface area contributed by atoms with E-state index in [1.54, 1.807) is 0 Å². The van der Waals surface area contributed by atoms with Crippen LogP contribution in [0.1, 0.15) is 0 Å². The second-order valence-corrected chi connectivity index (χ2v) is 2.48. The number of hydrogen-bond donors (Lipinski definition) is 1. The number of nitrogens with zero attached hydrogens (tertiary/aromatic N) is 1. The molecule has 0 aromatic heterocycles. The van der Waals surface area contributed by atoms with E-state index in [0.717, 1.165) is 0 Å². The molecule has 0 radical (unpaired) electrons. The lowest BCUT2D eigenvalue weighted by atomic mass is 9.99. The monoisotopic (exact) mass is 119 g/mol. The highest BCUT2D eigenvalue weighted by atomic mass is 19.1. The van der Waals surface area contributed by atoms with Crippen LogP contribution in [0.25, 0.3) is 0 Å². The third kappa shape index (κ3) is 0.833. The number of aliphatic hydroxyl groups is 1. The quantitative estimate of drug-likeness (QED) is 0.509. The van der Waals surface area contributed by atoms with Crippen molar-refractivity contribution in [2.75, 3.05) is 26.7 Å². The summed E-state index contributed by atoms with van der Waals surface area (Å²) in [4.78, 5) is 1.83. The minimum atomic E-state index is -1.28. The molecule has 0 saturated carbocycles. The average molecular weight is 119 g/mol. The molecule has 48 valence electrons. The van der Waals surface area contributed by atoms with E-state index in [2.05, 4.69) is 0 Å². The van der Waals surface area contributed by atoms with Crippen molar-refractivity contribution in [3.63, 3.8) is 0 Å². The van der Waals surface area contributed by atoms with Crippen LogP contribution in [0.5, 0.6) is 0 Å². The standard InChI is InChI=1S/C5H10FNO/c1-7-2-5(6,3-7)4-8/h8H,2-4H2,1H3. The summed E-state index contributed by atoms with van der Waals surface area (Å²) in [5.74, 6) is 0. The minimum Gasteiger partial charge on any atom is -0.393 e. The Balaban J connectivity index is 2.30. The fraction of sp³-hybridized carbons (Fsp3) is 1.00. The van der Waals surface area contributed by atoms with Gasteiger partial charge < -0.3 is 5.11 Å². The normalized spacial score (nSPS) is 27.4. The summed E-state index contributed by atoms with van der Waals surface area (Å²) in [6, 6.07) is 0. The van der Waals surface area contributed by atoms with E-state index >= 15 is 0 Å². The van der Waals surface area contributed by atoms with E-state index in [9.17, 15) is 4.39 Å². The SMILES string of the molecule is CN1CC(F)(CO)C1. The first kappa shape index (κ1) is 5.98. The van der Waals surface area contributed by atoms with Crippen molar-refractivity contribution >= 4 is 0 Å². The zero-order chi connectivity index (χ0) is 6.20. The first-order valence-electron chi connectivity index (χ1n) is 2.65. The van der Waals surface area contributed by atoms with Crippen molar-refractivity contribution in [2.45, 2.75) is 5.67 Å². The maximum Gasteiger partial charge on any atom is 0.159 e. The van der Waals surface area contributed by atoms with Crippen LogP contribution in [0, 0.1) is 0 Å². The largest absolute Gasteiger partial charge is 0.393 e. The lowest BCUT2D eigenvalue weighted by Crippen LogP contribution is -2.59. The highest BCUT2D eigenvalue weighted by Gasteiger charge is 2.40. The predicted molar refractivity (Wildman–Crippen MR) is 28.4 cm³/mol. The maximum absolute atomic E-state index is 12.6. The molecule has 1 fully saturated rings. The Morgan fingerprint density at radius 2 is 2.25 bits per heavy atom. The minimum absolute atomic E-state index is 0.336. The molecular weight excluding hydrogens is 109 g/mol. The van der Waals surface area contributed by atoms with Crippen LogP contribution in [-0.2, 0) is 0 Å². The lowest BCUT2D eigenvalue weighted by molar-refractivity contribution is -0.0536. The first-order chi connectivity index (χ1) is 3.66. The summed E-state index contributed by atoms with van der Waals surface area (Å²) in [5.41, 5.74) is -1.28. The van der Waals surface area contributed by atoms with Gasteiger partial charge in [-0.1, -0.05) is 0 Å². The first-order valence-corrected chi connectivity index (χ1v) is 2.65. The number of alkyl halides is 1. The van der Waals surface area contributed by atoms with Crippen LogP contribution in [0.2, 0.25) is 0 Å². The number of likely N-dealkylation sites (tertiary alicyclic amines) is 1. The molecule has 0 unspecified atom stereocenters. The molecule has 1 aliphatic rings. The second-order valence-electron chi connectivity index (χ2n) is 2.48. The number of rotatable bonds is 1. The predicted octanol–water partition coefficient (Wildman–Crippen LogP) is -0.368. The highest BCUT2D eigenvalue weighted by molar-refractivity contribution is 4.93. The van der Waals surface area contributed by atoms with Gasteiger partial charge >= 0.3 is 0 Å². The highest BCUT2D eigenvalue weighted by Crippen LogP contribution is 2.21. The second kappa shape index (κ2) is 1.67. The van der Waals surface area contributed by atoms with E-state index < -0.39 is 5.67 Å². The Kier molecular flexibility index (Phi) is 1.25. The molecule has 0 amide bonds. The fourth-order valence-electron chi connectivity index (χ4n) is 1.02. The topological polar surface area (TPSA) is 23.5 Å². The molecule has 0 atom stereocenters. The Morgan fingerprint density at radius 3 is 2.38 bits per heavy atom. The van der Waals surface area contributed by atoms with Crippen LogP contribution in [0.3, 0.4) is 0 Å². The summed E-state index contributed by atoms with van der Waals surface area (Å²) in [6.45, 7) is 0.421. The van der Waals surface area contributed by atoms with Crippen molar-refractivity contribution in [1.29, 1.82) is 0 Å². The van der Waals surface area contributed by atoms with Gasteiger partial charge in [0.25, 0.3) is 0 Å². The van der Waals surface area contributed by atoms with Crippen molar-refractivity contribution in [3.8, 4) is 0 Å². The van der Waals surface area contributed by atoms with Gasteiger partial charge in [-0.15, -0.1) is 0 Å². The van der Waals surface area contributed by atoms with E-state index in [-0.39, 0.29) is 6.61 Å². The van der Waals surface area contributed by atoms with E-state index in [1.165, 1.54) is 0 Å². The number of hydrogen-bond acceptors (Lipinski definition) is 2. The fourth-order valence-corrected chi connectivity index (χ4v) is 1.02. The van der Waals surface area contributed by atoms with Crippen LogP contribution in [0.15, 0.2) is 0 Å². The molecule has 1 heterocycles. The van der Waals surface area contributed by atoms with Gasteiger partial charge in [0.1, 0.15) is 0 Å². The van der Waals surface area contributed by atoms with Gasteiger partial charge in [0, 0.05) is 13.1 Å². The summed E-state index contributed by atoms with van der Waals surface area (Å²) < 4.78 is 12.6. The third-order valence-corrected chi connectivity index (χ3v) is 1.39. The zero-order valence-corrected chi connectivity index (χ0v) is 4.89. The smallest absolute Gasteiger partial charge is 0.159 e. The Morgan fingerprint density at radius 1 is 1.75 bits per heavy atom. The third-order valence-electron chi connectivity index (χ3n) is 1.39. The molecule has 0 aromatic rings. The van der Waals surface area contributed by atoms with Gasteiger partial charge in [-0.2, -0.15) is 0 Å². The van der Waals surface area contributed by atoms with Crippen LogP contribution >= 0.6 is 0 Å². The summed E-state index contributed by atoms with van der Waals surface area (Å²) in [5, 5.41) is 8.36. The Hall–Kier alpha value is -0.150. The van der Waals surface area contributed by atoms with Gasteiger partial charge in [-0.3, -0.25) is 4.90 Å². The molecule has 0 bridgehead atoms. The molecule has 1 aliphatic heterocycles. The molecule has 0 aliphatic carbocycles. The van der Waals surface area contributed by atoms with Crippen molar-refractivity contribution in [2.24, 2.45) is 0 Å². The van der Waals surface area contributed by atoms with E-state index in [0.29, 0.717) is 13.1 Å². The molecule has 2 nitrogen and oxygen atoms in total. The van der Waals surface area contributed by atoms with E-state index in [1.807, 2.05) is 11.9 Å². The lowest BCUT2D eigenvalue weighted by Gasteiger charge is -2.40. The van der Waals surface area contributed by atoms with Crippen LogP contribution in [0.4, 0.5) is 4.39 Å². The molecular formula is C5H10FNO. The van der Waals surface area contributed by atoms with Crippen LogP contribution < -0.4 is 0 Å². The van der Waals surface area contributed by atoms with Gasteiger partial charge in [0.05, 0.1) is 6.61 Å². The van der Waals surface area contributed by atoms with Gasteiger partial charge in [0.15, 0.2) is 5.67 Å². The van der Waals surface area contributed by atoms with Gasteiger partial charge in [-0.05, 0) is 7.05 Å². The summed E-state index contributed by atoms with van der Waals surface area (Å²) >= 11 is 0. The molecule has 0 spiro atoms. The van der Waals surface area contributed by atoms with Gasteiger partial charge in [-0.25, -0.2) is 4.39 Å². The number of halogens is 1. The number of aliphatic hydroxyl groups excluding tert-OH is 1. The van der Waals surface area contributed by atoms with Crippen molar-refractivity contribution in [1.82, 2.24) is 4.90 Å². The molecule has 1 N–H and O–H groups in total. The zero-order valence-electron chi connectivity index (χ0n) is 4.89. The van der Waals surface area contributed by atoms with Crippen molar-refractivity contribution in [3.05, 3.63) is 0 Å².